The molecule has 0 aromatic rings. The monoisotopic (exact) mass is 189 g/mol. The Balaban J connectivity index is 4.94. The number of alkyl halides is 3. The third kappa shape index (κ3) is 3.15. The maximum Gasteiger partial charge on any atom is 0.370 e. The van der Waals surface area contributed by atoms with Crippen LogP contribution in [0.5, 0.6) is 0 Å². The maximum absolute atomic E-state index is 11.8. The second kappa shape index (κ2) is 3.50. The molecule has 11 heavy (non-hydrogen) atoms. The summed E-state index contributed by atoms with van der Waals surface area (Å²) in [6.07, 6.45) is -2.28. The number of aliphatic imine (C=N–C) groups is 1. The van der Waals surface area contributed by atoms with Crippen molar-refractivity contribution in [1.82, 2.24) is 0 Å². The predicted molar refractivity (Wildman–Crippen MR) is 28.2 cm³/mol. The summed E-state index contributed by atoms with van der Waals surface area (Å²) in [6.45, 7) is 0. The Morgan fingerprint density at radius 3 is 2.00 bits per heavy atom. The van der Waals surface area contributed by atoms with E-state index in [-0.39, 0.29) is 0 Å². The van der Waals surface area contributed by atoms with Gasteiger partial charge in [0.05, 0.1) is 0 Å². The average molecular weight is 189 g/mol. The lowest BCUT2D eigenvalue weighted by molar-refractivity contribution is 0.128. The van der Waals surface area contributed by atoms with E-state index in [1.54, 1.807) is 0 Å². The zero-order valence-electron chi connectivity index (χ0n) is 4.75. The Morgan fingerprint density at radius 1 is 1.45 bits per heavy atom. The highest BCUT2D eigenvalue weighted by atomic mass is 35.5. The minimum absolute atomic E-state index is 0.528. The third-order valence-corrected chi connectivity index (χ3v) is 0.784. The molecular weight excluding hydrogens is 189 g/mol. The van der Waals surface area contributed by atoms with Crippen molar-refractivity contribution >= 4 is 17.7 Å². The van der Waals surface area contributed by atoms with Gasteiger partial charge in [-0.2, -0.15) is 22.6 Å². The van der Waals surface area contributed by atoms with Crippen LogP contribution in [0.15, 0.2) is 16.8 Å². The van der Waals surface area contributed by atoms with Crippen LogP contribution in [0.25, 0.3) is 0 Å². The average Bonchev–Trinajstić information content (AvgIpc) is 1.79. The van der Waals surface area contributed by atoms with E-state index in [0.717, 1.165) is 0 Å². The zero-order valence-corrected chi connectivity index (χ0v) is 5.50. The van der Waals surface area contributed by atoms with Crippen LogP contribution in [0.1, 0.15) is 0 Å². The minimum atomic E-state index is -4.34. The summed E-state index contributed by atoms with van der Waals surface area (Å²) in [5, 5.41) is -4.34. The molecule has 0 spiro atoms. The number of carbonyl (C=O) groups excluding carboxylic acids is 1. The van der Waals surface area contributed by atoms with E-state index in [1.165, 1.54) is 0 Å². The first-order valence-corrected chi connectivity index (χ1v) is 2.47. The zero-order chi connectivity index (χ0) is 9.07. The smallest absolute Gasteiger partial charge is 0.211 e. The lowest BCUT2D eigenvalue weighted by atomic mass is 10.5. The summed E-state index contributed by atoms with van der Waals surface area (Å²) < 4.78 is 46.4. The molecule has 0 aromatic carbocycles. The van der Waals surface area contributed by atoms with Crippen LogP contribution >= 0.6 is 11.6 Å². The maximum atomic E-state index is 11.8. The molecule has 0 bridgehead atoms. The summed E-state index contributed by atoms with van der Waals surface area (Å²) in [6, 6.07) is 0. The molecular formula is C4ClF4NO. The van der Waals surface area contributed by atoms with Gasteiger partial charge in [0.15, 0.2) is 0 Å². The van der Waals surface area contributed by atoms with E-state index in [0.29, 0.717) is 6.08 Å². The molecule has 7 heteroatoms. The van der Waals surface area contributed by atoms with E-state index in [2.05, 4.69) is 11.6 Å². The molecule has 0 aliphatic heterocycles. The summed E-state index contributed by atoms with van der Waals surface area (Å²) >= 11 is 4.13. The molecule has 0 radical (unpaired) electrons. The van der Waals surface area contributed by atoms with Crippen LogP contribution in [0.2, 0.25) is 0 Å². The molecule has 0 saturated heterocycles. The molecule has 0 aliphatic carbocycles. The summed E-state index contributed by atoms with van der Waals surface area (Å²) in [7, 11) is 0. The van der Waals surface area contributed by atoms with E-state index in [4.69, 9.17) is 0 Å². The van der Waals surface area contributed by atoms with Crippen molar-refractivity contribution in [1.29, 1.82) is 0 Å². The summed E-state index contributed by atoms with van der Waals surface area (Å²) in [4.78, 5) is 11.4. The number of hydrogen-bond donors (Lipinski definition) is 0. The van der Waals surface area contributed by atoms with Crippen molar-refractivity contribution < 1.29 is 22.4 Å². The van der Waals surface area contributed by atoms with Crippen LogP contribution in [0.4, 0.5) is 17.6 Å². The molecule has 2 nitrogen and oxygen atoms in total. The number of nitrogens with zero attached hydrogens (tertiary/aromatic N) is 1. The second-order valence-corrected chi connectivity index (χ2v) is 1.78. The normalized spacial score (nSPS) is 10.3. The Labute approximate surface area is 63.2 Å². The van der Waals surface area contributed by atoms with Gasteiger partial charge >= 0.3 is 5.38 Å². The number of isocyanates is 1. The molecule has 0 unspecified atom stereocenters. The van der Waals surface area contributed by atoms with Crippen molar-refractivity contribution in [3.8, 4) is 0 Å². The van der Waals surface area contributed by atoms with Gasteiger partial charge in [0.2, 0.25) is 11.8 Å². The number of rotatable bonds is 2. The van der Waals surface area contributed by atoms with E-state index in [9.17, 15) is 22.4 Å². The predicted octanol–water partition coefficient (Wildman–Crippen LogP) is 2.26. The van der Waals surface area contributed by atoms with Gasteiger partial charge in [-0.05, 0) is 11.6 Å². The molecule has 0 aromatic heterocycles. The third-order valence-electron chi connectivity index (χ3n) is 0.605. The summed E-state index contributed by atoms with van der Waals surface area (Å²) in [5.74, 6) is 0. The van der Waals surface area contributed by atoms with Crippen LogP contribution in [0.3, 0.4) is 0 Å². The first kappa shape index (κ1) is 10.1. The molecule has 0 amide bonds. The highest BCUT2D eigenvalue weighted by Gasteiger charge is 2.35. The van der Waals surface area contributed by atoms with Crippen molar-refractivity contribution in [2.24, 2.45) is 4.99 Å². The molecule has 0 heterocycles. The lowest BCUT2D eigenvalue weighted by Crippen LogP contribution is -2.09. The van der Waals surface area contributed by atoms with Crippen LogP contribution in [-0.4, -0.2) is 11.5 Å². The fourth-order valence-electron chi connectivity index (χ4n) is 0.258. The van der Waals surface area contributed by atoms with Gasteiger partial charge in [-0.15, -0.1) is 0 Å². The van der Waals surface area contributed by atoms with Gasteiger partial charge in [-0.3, -0.25) is 0 Å². The van der Waals surface area contributed by atoms with Gasteiger partial charge in [-0.1, -0.05) is 0 Å². The molecule has 0 rings (SSSR count). The van der Waals surface area contributed by atoms with Crippen molar-refractivity contribution in [2.75, 3.05) is 0 Å². The number of halogens is 5. The highest BCUT2D eigenvalue weighted by molar-refractivity contribution is 6.23. The molecule has 62 valence electrons. The quantitative estimate of drug-likeness (QED) is 0.284. The van der Waals surface area contributed by atoms with E-state index in [1.807, 2.05) is 4.99 Å². The molecule has 0 aliphatic rings. The first-order valence-electron chi connectivity index (χ1n) is 2.10. The highest BCUT2D eigenvalue weighted by Crippen LogP contribution is 2.32. The van der Waals surface area contributed by atoms with Crippen molar-refractivity contribution in [3.63, 3.8) is 0 Å². The minimum Gasteiger partial charge on any atom is -0.211 e. The molecule has 0 N–H and O–H groups in total. The fraction of sp³-hybridized carbons (Fsp3) is 0.250. The van der Waals surface area contributed by atoms with Gasteiger partial charge < -0.3 is 0 Å². The molecule has 0 fully saturated rings. The van der Waals surface area contributed by atoms with Crippen molar-refractivity contribution in [3.05, 3.63) is 11.8 Å². The fourth-order valence-corrected chi connectivity index (χ4v) is 0.372. The Kier molecular flexibility index (Phi) is 3.22. The van der Waals surface area contributed by atoms with Gasteiger partial charge in [0, 0.05) is 0 Å². The Morgan fingerprint density at radius 2 is 1.91 bits per heavy atom. The number of hydrogen-bond acceptors (Lipinski definition) is 2. The summed E-state index contributed by atoms with van der Waals surface area (Å²) in [5.41, 5.74) is -2.07. The van der Waals surface area contributed by atoms with Gasteiger partial charge in [0.25, 0.3) is 6.08 Å². The van der Waals surface area contributed by atoms with Crippen LogP contribution < -0.4 is 0 Å². The standard InChI is InChI=1S/C4ClF4NO/c5-4(8,9)2(3(6)7)10-1-11. The Bertz CT molecular complexity index is 223. The largest absolute Gasteiger partial charge is 0.370 e. The lowest BCUT2D eigenvalue weighted by Gasteiger charge is -2.03. The first-order chi connectivity index (χ1) is 4.89. The number of allylic oxidation sites excluding steroid dienone is 1. The van der Waals surface area contributed by atoms with E-state index >= 15 is 0 Å². The SMILES string of the molecule is O=C=NC(=C(F)F)C(F)(F)Cl. The molecule has 0 saturated carbocycles. The van der Waals surface area contributed by atoms with Gasteiger partial charge in [0.1, 0.15) is 0 Å². The van der Waals surface area contributed by atoms with Crippen LogP contribution in [-0.2, 0) is 4.79 Å². The van der Waals surface area contributed by atoms with E-state index < -0.39 is 17.2 Å². The van der Waals surface area contributed by atoms with Crippen LogP contribution in [0, 0.1) is 0 Å². The second-order valence-electron chi connectivity index (χ2n) is 1.31. The molecule has 0 atom stereocenters. The topological polar surface area (TPSA) is 29.4 Å². The van der Waals surface area contributed by atoms with Gasteiger partial charge in [-0.25, -0.2) is 4.79 Å². The van der Waals surface area contributed by atoms with Crippen molar-refractivity contribution in [2.45, 2.75) is 5.38 Å². The Hall–Kier alpha value is -0.870.